The van der Waals surface area contributed by atoms with Gasteiger partial charge >= 0.3 is 0 Å². The summed E-state index contributed by atoms with van der Waals surface area (Å²) < 4.78 is 0. The first-order chi connectivity index (χ1) is 9.19. The maximum atomic E-state index is 4.43. The van der Waals surface area contributed by atoms with E-state index in [1.165, 1.54) is 0 Å². The van der Waals surface area contributed by atoms with Crippen LogP contribution in [0.5, 0.6) is 0 Å². The third-order valence-corrected chi connectivity index (χ3v) is 3.04. The number of anilines is 2. The second-order valence-corrected chi connectivity index (χ2v) is 4.56. The normalized spacial score (nSPS) is 10.8. The van der Waals surface area contributed by atoms with Crippen molar-refractivity contribution in [2.24, 2.45) is 0 Å². The minimum absolute atomic E-state index is 0.703. The summed E-state index contributed by atoms with van der Waals surface area (Å²) in [6.07, 6.45) is 1.13. The van der Waals surface area contributed by atoms with E-state index in [0.717, 1.165) is 50.7 Å². The summed E-state index contributed by atoms with van der Waals surface area (Å²) in [7, 11) is 0. The first kappa shape index (κ1) is 15.7. The molecule has 19 heavy (non-hydrogen) atoms. The lowest BCUT2D eigenvalue weighted by molar-refractivity contribution is 0.303. The summed E-state index contributed by atoms with van der Waals surface area (Å²) in [6.45, 7) is 13.6. The Morgan fingerprint density at radius 2 is 1.84 bits per heavy atom. The second kappa shape index (κ2) is 8.69. The molecule has 5 heteroatoms. The Bertz CT molecular complexity index is 363. The molecule has 0 atom stereocenters. The largest absolute Gasteiger partial charge is 0.370 e. The molecule has 1 heterocycles. The summed E-state index contributed by atoms with van der Waals surface area (Å²) in [6, 6.07) is 1.98. The second-order valence-electron chi connectivity index (χ2n) is 4.56. The van der Waals surface area contributed by atoms with Crippen molar-refractivity contribution in [3.05, 3.63) is 11.8 Å². The molecule has 108 valence electrons. The number of nitrogens with one attached hydrogen (secondary N) is 2. The first-order valence-electron chi connectivity index (χ1n) is 7.25. The number of hydrogen-bond donors (Lipinski definition) is 2. The summed E-state index contributed by atoms with van der Waals surface area (Å²) in [5, 5.41) is 6.52. The van der Waals surface area contributed by atoms with Crippen LogP contribution in [0.3, 0.4) is 0 Å². The molecule has 0 unspecified atom stereocenters. The highest BCUT2D eigenvalue weighted by atomic mass is 15.1. The fourth-order valence-corrected chi connectivity index (χ4v) is 1.96. The molecule has 5 nitrogen and oxygen atoms in total. The highest BCUT2D eigenvalue weighted by Gasteiger charge is 2.02. The van der Waals surface area contributed by atoms with Crippen LogP contribution in [0.4, 0.5) is 11.8 Å². The molecule has 0 radical (unpaired) electrons. The molecule has 0 saturated heterocycles. The van der Waals surface area contributed by atoms with Gasteiger partial charge in [-0.1, -0.05) is 13.8 Å². The molecule has 0 aromatic carbocycles. The van der Waals surface area contributed by atoms with E-state index in [4.69, 9.17) is 0 Å². The van der Waals surface area contributed by atoms with Crippen LogP contribution in [0, 0.1) is 6.92 Å². The lowest BCUT2D eigenvalue weighted by atomic mass is 10.3. The Hall–Kier alpha value is -1.36. The van der Waals surface area contributed by atoms with E-state index < -0.39 is 0 Å². The number of aromatic nitrogens is 2. The predicted molar refractivity (Wildman–Crippen MR) is 81.8 cm³/mol. The van der Waals surface area contributed by atoms with Crippen LogP contribution in [0.25, 0.3) is 0 Å². The molecule has 0 fully saturated rings. The Morgan fingerprint density at radius 3 is 2.47 bits per heavy atom. The number of hydrogen-bond acceptors (Lipinski definition) is 5. The predicted octanol–water partition coefficient (Wildman–Crippen LogP) is 2.36. The zero-order valence-electron chi connectivity index (χ0n) is 12.7. The van der Waals surface area contributed by atoms with Gasteiger partial charge in [0, 0.05) is 24.8 Å². The Labute approximate surface area is 116 Å². The van der Waals surface area contributed by atoms with E-state index in [1.54, 1.807) is 0 Å². The van der Waals surface area contributed by atoms with Gasteiger partial charge in [-0.05, 0) is 39.9 Å². The van der Waals surface area contributed by atoms with Gasteiger partial charge in [0.2, 0.25) is 5.95 Å². The maximum absolute atomic E-state index is 4.43. The molecule has 0 aliphatic carbocycles. The SMILES string of the molecule is CCNc1nc(C)cc(NCCCN(CC)CC)n1. The van der Waals surface area contributed by atoms with Crippen LogP contribution in [-0.2, 0) is 0 Å². The Kier molecular flexibility index (Phi) is 7.18. The molecular weight excluding hydrogens is 238 g/mol. The van der Waals surface area contributed by atoms with Gasteiger partial charge in [-0.3, -0.25) is 0 Å². The van der Waals surface area contributed by atoms with Crippen LogP contribution in [0.1, 0.15) is 32.9 Å². The molecule has 0 spiro atoms. The topological polar surface area (TPSA) is 53.1 Å². The van der Waals surface area contributed by atoms with Crippen LogP contribution in [0.15, 0.2) is 6.07 Å². The Balaban J connectivity index is 2.40. The van der Waals surface area contributed by atoms with Crippen LogP contribution < -0.4 is 10.6 Å². The van der Waals surface area contributed by atoms with Crippen LogP contribution in [-0.4, -0.2) is 47.6 Å². The Morgan fingerprint density at radius 1 is 1.11 bits per heavy atom. The number of rotatable bonds is 9. The average Bonchev–Trinajstić information content (AvgIpc) is 2.39. The van der Waals surface area contributed by atoms with Gasteiger partial charge in [0.05, 0.1) is 0 Å². The molecule has 1 aromatic heterocycles. The van der Waals surface area contributed by atoms with Crippen molar-refractivity contribution in [3.63, 3.8) is 0 Å². The van der Waals surface area contributed by atoms with Gasteiger partial charge in [0.15, 0.2) is 0 Å². The number of aryl methyl sites for hydroxylation is 1. The first-order valence-corrected chi connectivity index (χ1v) is 7.25. The highest BCUT2D eigenvalue weighted by Crippen LogP contribution is 2.09. The van der Waals surface area contributed by atoms with E-state index in [9.17, 15) is 0 Å². The zero-order valence-corrected chi connectivity index (χ0v) is 12.7. The maximum Gasteiger partial charge on any atom is 0.224 e. The fourth-order valence-electron chi connectivity index (χ4n) is 1.96. The third kappa shape index (κ3) is 5.87. The highest BCUT2D eigenvalue weighted by molar-refractivity contribution is 5.41. The van der Waals surface area contributed by atoms with E-state index in [0.29, 0.717) is 5.95 Å². The van der Waals surface area contributed by atoms with Crippen molar-refractivity contribution in [1.82, 2.24) is 14.9 Å². The van der Waals surface area contributed by atoms with Crippen molar-refractivity contribution in [2.75, 3.05) is 43.4 Å². The van der Waals surface area contributed by atoms with Gasteiger partial charge in [-0.25, -0.2) is 4.98 Å². The van der Waals surface area contributed by atoms with E-state index in [2.05, 4.69) is 39.3 Å². The number of nitrogens with zero attached hydrogens (tertiary/aromatic N) is 3. The summed E-state index contributed by atoms with van der Waals surface area (Å²) in [5.41, 5.74) is 0.984. The zero-order chi connectivity index (χ0) is 14.1. The van der Waals surface area contributed by atoms with Gasteiger partial charge in [-0.15, -0.1) is 0 Å². The van der Waals surface area contributed by atoms with E-state index in [1.807, 2.05) is 19.9 Å². The third-order valence-electron chi connectivity index (χ3n) is 3.04. The van der Waals surface area contributed by atoms with Crippen molar-refractivity contribution in [2.45, 2.75) is 34.1 Å². The average molecular weight is 265 g/mol. The van der Waals surface area contributed by atoms with Gasteiger partial charge in [-0.2, -0.15) is 4.98 Å². The van der Waals surface area contributed by atoms with Crippen molar-refractivity contribution in [3.8, 4) is 0 Å². The van der Waals surface area contributed by atoms with Gasteiger partial charge in [0.1, 0.15) is 5.82 Å². The lowest BCUT2D eigenvalue weighted by Gasteiger charge is -2.17. The molecule has 0 amide bonds. The molecule has 0 bridgehead atoms. The minimum Gasteiger partial charge on any atom is -0.370 e. The standard InChI is InChI=1S/C14H27N5/c1-5-15-14-17-12(4)11-13(18-14)16-9-8-10-19(6-2)7-3/h11H,5-10H2,1-4H3,(H2,15,16,17,18). The molecule has 0 aliphatic heterocycles. The monoisotopic (exact) mass is 265 g/mol. The molecule has 0 aliphatic rings. The minimum atomic E-state index is 0.703. The van der Waals surface area contributed by atoms with Crippen molar-refractivity contribution >= 4 is 11.8 Å². The molecule has 2 N–H and O–H groups in total. The van der Waals surface area contributed by atoms with Crippen LogP contribution in [0.2, 0.25) is 0 Å². The quantitative estimate of drug-likeness (QED) is 0.671. The molecular formula is C14H27N5. The molecule has 1 rings (SSSR count). The molecule has 0 saturated carbocycles. The lowest BCUT2D eigenvalue weighted by Crippen LogP contribution is -2.25. The van der Waals surface area contributed by atoms with Crippen molar-refractivity contribution in [1.29, 1.82) is 0 Å². The van der Waals surface area contributed by atoms with Gasteiger partial charge in [0.25, 0.3) is 0 Å². The molecule has 1 aromatic rings. The smallest absolute Gasteiger partial charge is 0.224 e. The van der Waals surface area contributed by atoms with E-state index in [-0.39, 0.29) is 0 Å². The summed E-state index contributed by atoms with van der Waals surface area (Å²) in [4.78, 5) is 11.2. The van der Waals surface area contributed by atoms with E-state index >= 15 is 0 Å². The van der Waals surface area contributed by atoms with Gasteiger partial charge < -0.3 is 15.5 Å². The van der Waals surface area contributed by atoms with Crippen LogP contribution >= 0.6 is 0 Å². The summed E-state index contributed by atoms with van der Waals surface area (Å²) in [5.74, 6) is 1.61. The summed E-state index contributed by atoms with van der Waals surface area (Å²) >= 11 is 0. The van der Waals surface area contributed by atoms with Crippen molar-refractivity contribution < 1.29 is 0 Å². The fraction of sp³-hybridized carbons (Fsp3) is 0.714.